The monoisotopic (exact) mass is 423 g/mol. The molecule has 2 amide bonds. The van der Waals surface area contributed by atoms with Crippen LogP contribution in [0.3, 0.4) is 0 Å². The van der Waals surface area contributed by atoms with Gasteiger partial charge in [-0.25, -0.2) is 0 Å². The zero-order chi connectivity index (χ0) is 21.4. The second kappa shape index (κ2) is 7.76. The van der Waals surface area contributed by atoms with Gasteiger partial charge in [-0.05, 0) is 30.7 Å². The van der Waals surface area contributed by atoms with Crippen molar-refractivity contribution in [2.75, 3.05) is 16.8 Å². The molecule has 152 valence electrons. The molecule has 3 aromatic carbocycles. The number of non-ortho nitro benzene ring substituents is 1. The molecule has 0 unspecified atom stereocenters. The van der Waals surface area contributed by atoms with Crippen LogP contribution in [0.4, 0.5) is 17.1 Å². The summed E-state index contributed by atoms with van der Waals surface area (Å²) in [6.07, 6.45) is 1.87. The van der Waals surface area contributed by atoms with Crippen LogP contribution in [0, 0.1) is 10.1 Å². The highest BCUT2D eigenvalue weighted by molar-refractivity contribution is 6.35. The molecule has 0 aromatic heterocycles. The maximum atomic E-state index is 12.8. The van der Waals surface area contributed by atoms with Gasteiger partial charge in [-0.2, -0.15) is 0 Å². The standard InChI is InChI=1S/C22H18ClN3O4/c1-2-3-11-25-19-10-9-18(14-5-4-6-15(20(14)19)22(25)28)24-21(27)16-12-13(26(29)30)7-8-17(16)23/h4-10,12H,2-3,11H2,1H3,(H,24,27). The van der Waals surface area contributed by atoms with Gasteiger partial charge in [0.25, 0.3) is 17.5 Å². The third-order valence-corrected chi connectivity index (χ3v) is 5.50. The second-order valence-electron chi connectivity index (χ2n) is 7.05. The van der Waals surface area contributed by atoms with Crippen LogP contribution < -0.4 is 10.2 Å². The Morgan fingerprint density at radius 3 is 2.73 bits per heavy atom. The molecule has 0 atom stereocenters. The largest absolute Gasteiger partial charge is 0.321 e. The molecule has 0 saturated heterocycles. The Balaban J connectivity index is 1.73. The van der Waals surface area contributed by atoms with Crippen molar-refractivity contribution < 1.29 is 14.5 Å². The van der Waals surface area contributed by atoms with E-state index in [4.69, 9.17) is 11.6 Å². The Morgan fingerprint density at radius 1 is 1.20 bits per heavy atom. The van der Waals surface area contributed by atoms with Gasteiger partial charge < -0.3 is 10.2 Å². The van der Waals surface area contributed by atoms with E-state index < -0.39 is 10.8 Å². The Hall–Kier alpha value is -3.45. The summed E-state index contributed by atoms with van der Waals surface area (Å²) in [7, 11) is 0. The lowest BCUT2D eigenvalue weighted by Crippen LogP contribution is -2.27. The van der Waals surface area contributed by atoms with Gasteiger partial charge in [-0.3, -0.25) is 19.7 Å². The van der Waals surface area contributed by atoms with Crippen molar-refractivity contribution in [3.05, 3.63) is 74.8 Å². The van der Waals surface area contributed by atoms with Crippen LogP contribution in [0.5, 0.6) is 0 Å². The molecule has 30 heavy (non-hydrogen) atoms. The summed E-state index contributed by atoms with van der Waals surface area (Å²) >= 11 is 6.09. The van der Waals surface area contributed by atoms with Crippen LogP contribution in [-0.4, -0.2) is 23.3 Å². The van der Waals surface area contributed by atoms with Crippen molar-refractivity contribution in [2.45, 2.75) is 19.8 Å². The van der Waals surface area contributed by atoms with E-state index in [1.54, 1.807) is 23.1 Å². The number of anilines is 2. The number of carbonyl (C=O) groups is 2. The van der Waals surface area contributed by atoms with E-state index >= 15 is 0 Å². The lowest BCUT2D eigenvalue weighted by molar-refractivity contribution is -0.384. The molecule has 1 heterocycles. The molecule has 0 spiro atoms. The average molecular weight is 424 g/mol. The lowest BCUT2D eigenvalue weighted by Gasteiger charge is -2.17. The minimum absolute atomic E-state index is 0.00904. The first-order valence-electron chi connectivity index (χ1n) is 9.55. The number of nitro benzene ring substituents is 1. The third-order valence-electron chi connectivity index (χ3n) is 5.17. The Labute approximate surface area is 177 Å². The molecule has 1 aliphatic rings. The first-order chi connectivity index (χ1) is 14.4. The average Bonchev–Trinajstić information content (AvgIpc) is 3.01. The predicted octanol–water partition coefficient (Wildman–Crippen LogP) is 5.41. The van der Waals surface area contributed by atoms with Gasteiger partial charge >= 0.3 is 0 Å². The van der Waals surface area contributed by atoms with E-state index in [1.165, 1.54) is 12.1 Å². The van der Waals surface area contributed by atoms with Gasteiger partial charge in [0.05, 0.1) is 21.2 Å². The highest BCUT2D eigenvalue weighted by Gasteiger charge is 2.30. The first-order valence-corrected chi connectivity index (χ1v) is 9.93. The molecule has 4 rings (SSSR count). The topological polar surface area (TPSA) is 92.6 Å². The molecule has 0 bridgehead atoms. The van der Waals surface area contributed by atoms with E-state index in [-0.39, 0.29) is 22.2 Å². The van der Waals surface area contributed by atoms with Crippen molar-refractivity contribution in [2.24, 2.45) is 0 Å². The van der Waals surface area contributed by atoms with Crippen molar-refractivity contribution in [3.63, 3.8) is 0 Å². The zero-order valence-corrected chi connectivity index (χ0v) is 16.9. The zero-order valence-electron chi connectivity index (χ0n) is 16.1. The Kier molecular flexibility index (Phi) is 5.13. The first kappa shape index (κ1) is 19.8. The number of amides is 2. The van der Waals surface area contributed by atoms with Crippen molar-refractivity contribution in [1.29, 1.82) is 0 Å². The van der Waals surface area contributed by atoms with Crippen molar-refractivity contribution in [3.8, 4) is 0 Å². The molecular weight excluding hydrogens is 406 g/mol. The molecule has 0 fully saturated rings. The fourth-order valence-electron chi connectivity index (χ4n) is 3.68. The Bertz CT molecular complexity index is 1210. The number of hydrogen-bond donors (Lipinski definition) is 1. The van der Waals surface area contributed by atoms with Gasteiger partial charge in [0.1, 0.15) is 0 Å². The summed E-state index contributed by atoms with van der Waals surface area (Å²) in [6, 6.07) is 12.7. The van der Waals surface area contributed by atoms with Crippen LogP contribution in [0.2, 0.25) is 5.02 Å². The van der Waals surface area contributed by atoms with E-state index in [9.17, 15) is 19.7 Å². The predicted molar refractivity (Wildman–Crippen MR) is 117 cm³/mol. The third kappa shape index (κ3) is 3.27. The minimum Gasteiger partial charge on any atom is -0.321 e. The maximum absolute atomic E-state index is 12.8. The number of nitro groups is 1. The van der Waals surface area contributed by atoms with Crippen LogP contribution >= 0.6 is 11.6 Å². The highest BCUT2D eigenvalue weighted by Crippen LogP contribution is 2.41. The van der Waals surface area contributed by atoms with Gasteiger partial charge in [0.15, 0.2) is 0 Å². The van der Waals surface area contributed by atoms with Gasteiger partial charge in [0.2, 0.25) is 0 Å². The summed E-state index contributed by atoms with van der Waals surface area (Å²) in [6.45, 7) is 2.70. The normalized spacial score (nSPS) is 12.5. The van der Waals surface area contributed by atoms with Crippen LogP contribution in [0.25, 0.3) is 10.8 Å². The molecule has 0 radical (unpaired) electrons. The minimum atomic E-state index is -0.581. The summed E-state index contributed by atoms with van der Waals surface area (Å²) in [5, 5.41) is 15.5. The molecule has 1 aliphatic heterocycles. The molecule has 3 aromatic rings. The molecule has 7 nitrogen and oxygen atoms in total. The Morgan fingerprint density at radius 2 is 2.00 bits per heavy atom. The van der Waals surface area contributed by atoms with Crippen LogP contribution in [0.1, 0.15) is 40.5 Å². The van der Waals surface area contributed by atoms with Crippen molar-refractivity contribution in [1.82, 2.24) is 0 Å². The summed E-state index contributed by atoms with van der Waals surface area (Å²) in [5.74, 6) is -0.606. The van der Waals surface area contributed by atoms with E-state index in [1.807, 2.05) is 12.1 Å². The number of unbranched alkanes of at least 4 members (excludes halogenated alkanes) is 1. The fraction of sp³-hybridized carbons (Fsp3) is 0.182. The van der Waals surface area contributed by atoms with Gasteiger partial charge in [-0.1, -0.05) is 37.1 Å². The SMILES string of the molecule is CCCCN1C(=O)c2cccc3c(NC(=O)c4cc([N+](=O)[O-])ccc4Cl)ccc1c23. The van der Waals surface area contributed by atoms with Crippen LogP contribution in [-0.2, 0) is 0 Å². The van der Waals surface area contributed by atoms with Crippen molar-refractivity contribution >= 4 is 51.2 Å². The van der Waals surface area contributed by atoms with E-state index in [0.29, 0.717) is 17.8 Å². The summed E-state index contributed by atoms with van der Waals surface area (Å²) in [5.41, 5.74) is 1.72. The lowest BCUT2D eigenvalue weighted by atomic mass is 10.0. The smallest absolute Gasteiger partial charge is 0.270 e. The molecular formula is C22H18ClN3O4. The second-order valence-corrected chi connectivity index (χ2v) is 7.45. The summed E-state index contributed by atoms with van der Waals surface area (Å²) in [4.78, 5) is 37.9. The number of benzene rings is 3. The number of rotatable bonds is 6. The molecule has 1 N–H and O–H groups in total. The fourth-order valence-corrected chi connectivity index (χ4v) is 3.89. The molecule has 8 heteroatoms. The number of carbonyl (C=O) groups excluding carboxylic acids is 2. The molecule has 0 saturated carbocycles. The highest BCUT2D eigenvalue weighted by atomic mass is 35.5. The maximum Gasteiger partial charge on any atom is 0.270 e. The quantitative estimate of drug-likeness (QED) is 0.423. The number of nitrogens with zero attached hydrogens (tertiary/aromatic N) is 2. The van der Waals surface area contributed by atoms with Crippen LogP contribution in [0.15, 0.2) is 48.5 Å². The molecule has 0 aliphatic carbocycles. The number of hydrogen-bond acceptors (Lipinski definition) is 4. The van der Waals surface area contributed by atoms with Gasteiger partial charge in [-0.15, -0.1) is 0 Å². The summed E-state index contributed by atoms with van der Waals surface area (Å²) < 4.78 is 0. The van der Waals surface area contributed by atoms with Gasteiger partial charge in [0, 0.05) is 40.7 Å². The van der Waals surface area contributed by atoms with E-state index in [2.05, 4.69) is 12.2 Å². The number of halogens is 1. The number of nitrogens with one attached hydrogen (secondary N) is 1. The van der Waals surface area contributed by atoms with E-state index in [0.717, 1.165) is 35.4 Å².